The van der Waals surface area contributed by atoms with Crippen LogP contribution in [-0.4, -0.2) is 72.5 Å². The summed E-state index contributed by atoms with van der Waals surface area (Å²) in [6.45, 7) is 7.88. The molecule has 1 saturated heterocycles. The molecule has 8 heteroatoms. The number of rotatable bonds is 7. The number of benzene rings is 1. The first kappa shape index (κ1) is 20.9. The van der Waals surface area contributed by atoms with Gasteiger partial charge in [0.25, 0.3) is 0 Å². The Kier molecular flexibility index (Phi) is 7.32. The van der Waals surface area contributed by atoms with Crippen molar-refractivity contribution in [3.63, 3.8) is 0 Å². The lowest BCUT2D eigenvalue weighted by molar-refractivity contribution is -0.142. The molecule has 8 nitrogen and oxygen atoms in total. The number of carbonyl (C=O) groups excluding carboxylic acids is 3. The normalized spacial score (nSPS) is 20.3. The minimum atomic E-state index is -0.507. The van der Waals surface area contributed by atoms with Gasteiger partial charge in [0, 0.05) is 43.0 Å². The number of ether oxygens (including phenoxy) is 1. The molecule has 1 aromatic rings. The Hall–Kier alpha value is -2.45. The van der Waals surface area contributed by atoms with Gasteiger partial charge in [0.2, 0.25) is 17.7 Å². The number of nitrogens with two attached hydrogens (primary N) is 1. The Labute approximate surface area is 159 Å². The molecule has 148 valence electrons. The number of primary amides is 1. The van der Waals surface area contributed by atoms with Crippen LogP contribution >= 0.6 is 0 Å². The lowest BCUT2D eigenvalue weighted by Crippen LogP contribution is -2.60. The lowest BCUT2D eigenvalue weighted by Gasteiger charge is -2.44. The van der Waals surface area contributed by atoms with Gasteiger partial charge in [0.15, 0.2) is 0 Å². The molecule has 2 atom stereocenters. The molecule has 0 unspecified atom stereocenters. The number of piperazine rings is 1. The van der Waals surface area contributed by atoms with Crippen LogP contribution in [0.25, 0.3) is 0 Å². The fourth-order valence-corrected chi connectivity index (χ4v) is 3.16. The zero-order valence-corrected chi connectivity index (χ0v) is 16.1. The fraction of sp³-hybridized carbons (Fsp3) is 0.526. The molecule has 2 rings (SSSR count). The average Bonchev–Trinajstić information content (AvgIpc) is 2.64. The van der Waals surface area contributed by atoms with Gasteiger partial charge in [-0.05, 0) is 45.0 Å². The molecular formula is C19H28N4O4. The van der Waals surface area contributed by atoms with Crippen molar-refractivity contribution in [2.45, 2.75) is 32.9 Å². The second-order valence-corrected chi connectivity index (χ2v) is 6.67. The van der Waals surface area contributed by atoms with Crippen molar-refractivity contribution < 1.29 is 19.1 Å². The monoisotopic (exact) mass is 376 g/mol. The average molecular weight is 376 g/mol. The van der Waals surface area contributed by atoms with Crippen molar-refractivity contribution in [3.05, 3.63) is 29.8 Å². The van der Waals surface area contributed by atoms with E-state index in [-0.39, 0.29) is 37.0 Å². The molecule has 1 aliphatic rings. The van der Waals surface area contributed by atoms with Gasteiger partial charge in [-0.3, -0.25) is 19.3 Å². The summed E-state index contributed by atoms with van der Waals surface area (Å²) in [7, 11) is 0. The molecular weight excluding hydrogens is 348 g/mol. The number of hydrogen-bond acceptors (Lipinski definition) is 5. The highest BCUT2D eigenvalue weighted by molar-refractivity contribution is 5.95. The summed E-state index contributed by atoms with van der Waals surface area (Å²) in [5.41, 5.74) is 6.21. The molecule has 0 radical (unpaired) electrons. The quantitative estimate of drug-likeness (QED) is 0.728. The summed E-state index contributed by atoms with van der Waals surface area (Å²) < 4.78 is 5.22. The van der Waals surface area contributed by atoms with Crippen LogP contribution in [0, 0.1) is 0 Å². The van der Waals surface area contributed by atoms with E-state index < -0.39 is 5.91 Å². The molecule has 1 aromatic carbocycles. The highest BCUT2D eigenvalue weighted by Gasteiger charge is 2.33. The van der Waals surface area contributed by atoms with Gasteiger partial charge in [-0.15, -0.1) is 0 Å². The smallest absolute Gasteiger partial charge is 0.248 e. The first-order chi connectivity index (χ1) is 12.8. The van der Waals surface area contributed by atoms with E-state index in [0.29, 0.717) is 30.9 Å². The second-order valence-electron chi connectivity index (χ2n) is 6.67. The Morgan fingerprint density at radius 2 is 1.81 bits per heavy atom. The van der Waals surface area contributed by atoms with Crippen LogP contribution in [0.5, 0.6) is 0 Å². The van der Waals surface area contributed by atoms with Crippen LogP contribution in [0.3, 0.4) is 0 Å². The molecule has 1 fully saturated rings. The third-order valence-corrected chi connectivity index (χ3v) is 4.94. The molecule has 1 heterocycles. The zero-order chi connectivity index (χ0) is 20.0. The van der Waals surface area contributed by atoms with E-state index in [4.69, 9.17) is 10.5 Å². The van der Waals surface area contributed by atoms with Gasteiger partial charge in [-0.1, -0.05) is 0 Å². The standard InChI is InChI=1S/C19H28N4O4/c1-4-27-12-18(25)23-10-9-22(13(2)14(23)3)11-17(24)21-16-7-5-15(6-8-16)19(20)26/h5-8,13-14H,4,9-12H2,1-3H3,(H2,20,26)(H,21,24)/t13-,14-/m1/s1. The SMILES string of the molecule is CCOCC(=O)N1CCN(CC(=O)Nc2ccc(C(N)=O)cc2)[C@H](C)[C@H]1C. The van der Waals surface area contributed by atoms with Crippen LogP contribution in [0.15, 0.2) is 24.3 Å². The van der Waals surface area contributed by atoms with E-state index in [0.717, 1.165) is 0 Å². The maximum absolute atomic E-state index is 12.4. The number of nitrogens with one attached hydrogen (secondary N) is 1. The van der Waals surface area contributed by atoms with Gasteiger partial charge in [-0.25, -0.2) is 0 Å². The number of anilines is 1. The summed E-state index contributed by atoms with van der Waals surface area (Å²) in [6.07, 6.45) is 0. The molecule has 0 aliphatic carbocycles. The van der Waals surface area contributed by atoms with E-state index in [1.807, 2.05) is 25.7 Å². The van der Waals surface area contributed by atoms with Gasteiger partial charge in [0.1, 0.15) is 6.61 Å². The predicted molar refractivity (Wildman–Crippen MR) is 102 cm³/mol. The van der Waals surface area contributed by atoms with Crippen molar-refractivity contribution in [1.29, 1.82) is 0 Å². The van der Waals surface area contributed by atoms with Gasteiger partial charge < -0.3 is 20.7 Å². The Balaban J connectivity index is 1.89. The number of carbonyl (C=O) groups is 3. The number of hydrogen-bond donors (Lipinski definition) is 2. The Morgan fingerprint density at radius 3 is 2.41 bits per heavy atom. The highest BCUT2D eigenvalue weighted by atomic mass is 16.5. The third-order valence-electron chi connectivity index (χ3n) is 4.94. The summed E-state index contributed by atoms with van der Waals surface area (Å²) in [5.74, 6) is -0.669. The summed E-state index contributed by atoms with van der Waals surface area (Å²) in [5, 5.41) is 2.82. The molecule has 3 N–H and O–H groups in total. The third kappa shape index (κ3) is 5.51. The van der Waals surface area contributed by atoms with E-state index >= 15 is 0 Å². The van der Waals surface area contributed by atoms with Crippen molar-refractivity contribution in [1.82, 2.24) is 9.80 Å². The first-order valence-electron chi connectivity index (χ1n) is 9.14. The topological polar surface area (TPSA) is 105 Å². The molecule has 0 saturated carbocycles. The van der Waals surface area contributed by atoms with E-state index in [1.54, 1.807) is 24.3 Å². The summed E-state index contributed by atoms with van der Waals surface area (Å²) >= 11 is 0. The summed E-state index contributed by atoms with van der Waals surface area (Å²) in [6, 6.07) is 6.49. The maximum Gasteiger partial charge on any atom is 0.248 e. The first-order valence-corrected chi connectivity index (χ1v) is 9.14. The largest absolute Gasteiger partial charge is 0.372 e. The molecule has 1 aliphatic heterocycles. The fourth-order valence-electron chi connectivity index (χ4n) is 3.16. The molecule has 0 bridgehead atoms. The second kappa shape index (κ2) is 9.48. The number of amides is 3. The van der Waals surface area contributed by atoms with Crippen molar-refractivity contribution in [2.75, 3.05) is 38.2 Å². The Morgan fingerprint density at radius 1 is 1.15 bits per heavy atom. The molecule has 0 spiro atoms. The predicted octanol–water partition coefficient (Wildman–Crippen LogP) is 0.682. The molecule has 0 aromatic heterocycles. The molecule has 27 heavy (non-hydrogen) atoms. The van der Waals surface area contributed by atoms with E-state index in [2.05, 4.69) is 10.2 Å². The van der Waals surface area contributed by atoms with E-state index in [1.165, 1.54) is 0 Å². The zero-order valence-electron chi connectivity index (χ0n) is 16.1. The maximum atomic E-state index is 12.4. The van der Waals surface area contributed by atoms with Crippen LogP contribution in [0.1, 0.15) is 31.1 Å². The lowest BCUT2D eigenvalue weighted by atomic mass is 10.0. The molecule has 3 amide bonds. The Bertz CT molecular complexity index is 677. The highest BCUT2D eigenvalue weighted by Crippen LogP contribution is 2.17. The summed E-state index contributed by atoms with van der Waals surface area (Å²) in [4.78, 5) is 39.6. The van der Waals surface area contributed by atoms with Crippen LogP contribution in [0.4, 0.5) is 5.69 Å². The van der Waals surface area contributed by atoms with Crippen LogP contribution in [-0.2, 0) is 14.3 Å². The van der Waals surface area contributed by atoms with Crippen LogP contribution in [0.2, 0.25) is 0 Å². The minimum absolute atomic E-state index is 0.00523. The van der Waals surface area contributed by atoms with Gasteiger partial charge in [0.05, 0.1) is 6.54 Å². The van der Waals surface area contributed by atoms with Gasteiger partial charge in [-0.2, -0.15) is 0 Å². The minimum Gasteiger partial charge on any atom is -0.372 e. The van der Waals surface area contributed by atoms with Gasteiger partial charge >= 0.3 is 0 Å². The number of nitrogens with zero attached hydrogens (tertiary/aromatic N) is 2. The van der Waals surface area contributed by atoms with Crippen molar-refractivity contribution >= 4 is 23.4 Å². The van der Waals surface area contributed by atoms with Crippen molar-refractivity contribution in [3.8, 4) is 0 Å². The van der Waals surface area contributed by atoms with E-state index in [9.17, 15) is 14.4 Å². The van der Waals surface area contributed by atoms with Crippen molar-refractivity contribution in [2.24, 2.45) is 5.73 Å². The van der Waals surface area contributed by atoms with Crippen LogP contribution < -0.4 is 11.1 Å².